The Balaban J connectivity index is 1.93. The summed E-state index contributed by atoms with van der Waals surface area (Å²) in [6.45, 7) is 0.267. The molecule has 0 bridgehead atoms. The molecule has 1 fully saturated rings. The molecule has 2 amide bonds. The molecule has 0 unspecified atom stereocenters. The first-order valence-corrected chi connectivity index (χ1v) is 5.50. The lowest BCUT2D eigenvalue weighted by molar-refractivity contribution is -0.141. The molecule has 0 aromatic carbocycles. The summed E-state index contributed by atoms with van der Waals surface area (Å²) in [5.41, 5.74) is 0.718. The van der Waals surface area contributed by atoms with Crippen LogP contribution in [0.3, 0.4) is 0 Å². The summed E-state index contributed by atoms with van der Waals surface area (Å²) in [7, 11) is 0. The van der Waals surface area contributed by atoms with E-state index in [4.69, 9.17) is 5.11 Å². The molecule has 0 spiro atoms. The fourth-order valence-corrected chi connectivity index (χ4v) is 1.93. The lowest BCUT2D eigenvalue weighted by atomic mass is 10.2. The molecule has 2 rings (SSSR count). The number of rotatable bonds is 3. The van der Waals surface area contributed by atoms with Crippen LogP contribution in [0.2, 0.25) is 0 Å². The van der Waals surface area contributed by atoms with Gasteiger partial charge in [0.2, 0.25) is 0 Å². The number of amides is 2. The Kier molecular flexibility index (Phi) is 3.47. The van der Waals surface area contributed by atoms with Gasteiger partial charge in [-0.3, -0.25) is 0 Å². The van der Waals surface area contributed by atoms with Crippen molar-refractivity contribution in [3.05, 3.63) is 18.2 Å². The van der Waals surface area contributed by atoms with E-state index in [9.17, 15) is 14.7 Å². The topological polar surface area (TPSA) is 119 Å². The van der Waals surface area contributed by atoms with E-state index in [0.717, 1.165) is 10.6 Å². The van der Waals surface area contributed by atoms with Gasteiger partial charge in [0.1, 0.15) is 6.04 Å². The predicted octanol–water partition coefficient (Wildman–Crippen LogP) is -0.861. The Hall–Kier alpha value is -2.09. The number of hydrogen-bond donors (Lipinski definition) is 4. The highest BCUT2D eigenvalue weighted by Gasteiger charge is 2.38. The van der Waals surface area contributed by atoms with Crippen LogP contribution in [0.1, 0.15) is 12.1 Å². The number of nitrogens with zero attached hydrogens (tertiary/aromatic N) is 2. The zero-order valence-electron chi connectivity index (χ0n) is 9.54. The van der Waals surface area contributed by atoms with Crippen LogP contribution < -0.4 is 5.32 Å². The van der Waals surface area contributed by atoms with Crippen molar-refractivity contribution in [3.8, 4) is 0 Å². The van der Waals surface area contributed by atoms with Crippen LogP contribution in [-0.2, 0) is 11.3 Å². The van der Waals surface area contributed by atoms with Gasteiger partial charge < -0.3 is 25.4 Å². The molecule has 0 radical (unpaired) electrons. The van der Waals surface area contributed by atoms with Gasteiger partial charge in [0.05, 0.1) is 24.7 Å². The number of aliphatic hydroxyl groups is 1. The SMILES string of the molecule is O=C(O)[C@@H]1C[C@@H](O)CN1C(=O)NCc1cnc[nH]1. The maximum atomic E-state index is 11.8. The average Bonchev–Trinajstić information content (AvgIpc) is 2.94. The minimum atomic E-state index is -1.11. The molecule has 18 heavy (non-hydrogen) atoms. The first-order chi connectivity index (χ1) is 8.58. The summed E-state index contributed by atoms with van der Waals surface area (Å²) < 4.78 is 0. The quantitative estimate of drug-likeness (QED) is 0.559. The smallest absolute Gasteiger partial charge is 0.326 e. The third-order valence-electron chi connectivity index (χ3n) is 2.81. The van der Waals surface area contributed by atoms with E-state index < -0.39 is 24.1 Å². The highest BCUT2D eigenvalue weighted by atomic mass is 16.4. The third kappa shape index (κ3) is 2.59. The Labute approximate surface area is 103 Å². The number of carbonyl (C=O) groups excluding carboxylic acids is 1. The Morgan fingerprint density at radius 3 is 3.00 bits per heavy atom. The molecule has 1 aliphatic rings. The van der Waals surface area contributed by atoms with Gasteiger partial charge in [0, 0.05) is 19.2 Å². The van der Waals surface area contributed by atoms with Gasteiger partial charge in [-0.15, -0.1) is 0 Å². The summed E-state index contributed by atoms with van der Waals surface area (Å²) in [6, 6.07) is -1.48. The largest absolute Gasteiger partial charge is 0.480 e. The van der Waals surface area contributed by atoms with Crippen molar-refractivity contribution in [2.75, 3.05) is 6.54 Å². The summed E-state index contributed by atoms with van der Waals surface area (Å²) in [6.07, 6.45) is 2.32. The van der Waals surface area contributed by atoms with Crippen molar-refractivity contribution in [3.63, 3.8) is 0 Å². The molecule has 0 aliphatic carbocycles. The highest BCUT2D eigenvalue weighted by molar-refractivity contribution is 5.83. The molecule has 1 aliphatic heterocycles. The summed E-state index contributed by atoms with van der Waals surface area (Å²) in [4.78, 5) is 30.5. The number of urea groups is 1. The molecule has 2 atom stereocenters. The van der Waals surface area contributed by atoms with Gasteiger partial charge in [-0.25, -0.2) is 14.6 Å². The molecular formula is C10H14N4O4. The number of carboxylic acids is 1. The first-order valence-electron chi connectivity index (χ1n) is 5.50. The molecule has 0 saturated carbocycles. The normalized spacial score (nSPS) is 23.1. The van der Waals surface area contributed by atoms with E-state index in [2.05, 4.69) is 15.3 Å². The Morgan fingerprint density at radius 1 is 1.61 bits per heavy atom. The average molecular weight is 254 g/mol. The second kappa shape index (κ2) is 5.05. The minimum absolute atomic E-state index is 0.0335. The number of hydrogen-bond acceptors (Lipinski definition) is 4. The van der Waals surface area contributed by atoms with E-state index in [1.54, 1.807) is 6.20 Å². The van der Waals surface area contributed by atoms with Crippen LogP contribution in [0, 0.1) is 0 Å². The van der Waals surface area contributed by atoms with E-state index >= 15 is 0 Å². The van der Waals surface area contributed by atoms with E-state index in [0.29, 0.717) is 0 Å². The van der Waals surface area contributed by atoms with E-state index in [1.165, 1.54) is 6.33 Å². The first kappa shape index (κ1) is 12.4. The Morgan fingerprint density at radius 2 is 2.39 bits per heavy atom. The van der Waals surface area contributed by atoms with Crippen LogP contribution in [0.5, 0.6) is 0 Å². The van der Waals surface area contributed by atoms with E-state index in [-0.39, 0.29) is 19.5 Å². The highest BCUT2D eigenvalue weighted by Crippen LogP contribution is 2.18. The molecule has 2 heterocycles. The molecule has 8 nitrogen and oxygen atoms in total. The second-order valence-corrected chi connectivity index (χ2v) is 4.13. The predicted molar refractivity (Wildman–Crippen MR) is 59.6 cm³/mol. The monoisotopic (exact) mass is 254 g/mol. The zero-order valence-corrected chi connectivity index (χ0v) is 9.54. The summed E-state index contributed by atoms with van der Waals surface area (Å²) in [5, 5.41) is 20.9. The number of likely N-dealkylation sites (tertiary alicyclic amines) is 1. The van der Waals surface area contributed by atoms with E-state index in [1.807, 2.05) is 0 Å². The molecular weight excluding hydrogens is 240 g/mol. The number of carboxylic acid groups (broad SMARTS) is 1. The van der Waals surface area contributed by atoms with Crippen molar-refractivity contribution in [1.82, 2.24) is 20.2 Å². The molecule has 1 aromatic heterocycles. The number of imidazole rings is 1. The Bertz CT molecular complexity index is 433. The van der Waals surface area contributed by atoms with Gasteiger partial charge in [-0.1, -0.05) is 0 Å². The van der Waals surface area contributed by atoms with Crippen LogP contribution in [-0.4, -0.2) is 55.8 Å². The number of aromatic amines is 1. The standard InChI is InChI=1S/C10H14N4O4/c15-7-1-8(9(16)17)14(4-7)10(18)12-3-6-2-11-5-13-6/h2,5,7-8,15H,1,3-4H2,(H,11,13)(H,12,18)(H,16,17)/t7-,8+/m1/s1. The number of aliphatic carboxylic acids is 1. The van der Waals surface area contributed by atoms with Gasteiger partial charge in [0.25, 0.3) is 0 Å². The molecule has 1 aromatic rings. The maximum absolute atomic E-state index is 11.8. The van der Waals surface area contributed by atoms with Crippen LogP contribution in [0.15, 0.2) is 12.5 Å². The van der Waals surface area contributed by atoms with Crippen molar-refractivity contribution in [2.24, 2.45) is 0 Å². The number of β-amino-alcohol motifs (C(OH)–C–C–N with tert-alkyl or cyclic N) is 1. The van der Waals surface area contributed by atoms with Crippen molar-refractivity contribution >= 4 is 12.0 Å². The number of nitrogens with one attached hydrogen (secondary N) is 2. The number of aliphatic hydroxyl groups excluding tert-OH is 1. The van der Waals surface area contributed by atoms with Crippen molar-refractivity contribution in [1.29, 1.82) is 0 Å². The van der Waals surface area contributed by atoms with Gasteiger partial charge in [-0.2, -0.15) is 0 Å². The fourth-order valence-electron chi connectivity index (χ4n) is 1.93. The van der Waals surface area contributed by atoms with Crippen molar-refractivity contribution < 1.29 is 19.8 Å². The van der Waals surface area contributed by atoms with Gasteiger partial charge in [-0.05, 0) is 0 Å². The van der Waals surface area contributed by atoms with Crippen LogP contribution in [0.4, 0.5) is 4.79 Å². The lowest BCUT2D eigenvalue weighted by Crippen LogP contribution is -2.46. The molecule has 4 N–H and O–H groups in total. The third-order valence-corrected chi connectivity index (χ3v) is 2.81. The lowest BCUT2D eigenvalue weighted by Gasteiger charge is -2.21. The number of H-pyrrole nitrogens is 1. The molecule has 8 heteroatoms. The number of aromatic nitrogens is 2. The number of carbonyl (C=O) groups is 2. The fraction of sp³-hybridized carbons (Fsp3) is 0.500. The molecule has 98 valence electrons. The van der Waals surface area contributed by atoms with Gasteiger partial charge >= 0.3 is 12.0 Å². The summed E-state index contributed by atoms with van der Waals surface area (Å²) in [5.74, 6) is -1.11. The molecule has 1 saturated heterocycles. The maximum Gasteiger partial charge on any atom is 0.326 e. The minimum Gasteiger partial charge on any atom is -0.480 e. The van der Waals surface area contributed by atoms with Crippen LogP contribution in [0.25, 0.3) is 0 Å². The zero-order chi connectivity index (χ0) is 13.1. The van der Waals surface area contributed by atoms with Crippen molar-refractivity contribution in [2.45, 2.75) is 25.1 Å². The van der Waals surface area contributed by atoms with Crippen LogP contribution >= 0.6 is 0 Å². The summed E-state index contributed by atoms with van der Waals surface area (Å²) >= 11 is 0. The second-order valence-electron chi connectivity index (χ2n) is 4.13. The van der Waals surface area contributed by atoms with Gasteiger partial charge in [0.15, 0.2) is 0 Å².